The van der Waals surface area contributed by atoms with Crippen molar-refractivity contribution < 1.29 is 23.9 Å². The zero-order valence-electron chi connectivity index (χ0n) is 16.9. The van der Waals surface area contributed by atoms with Crippen LogP contribution >= 0.6 is 11.3 Å². The van der Waals surface area contributed by atoms with Crippen molar-refractivity contribution in [3.63, 3.8) is 0 Å². The van der Waals surface area contributed by atoms with Crippen LogP contribution < -0.4 is 10.1 Å². The number of thiophene rings is 1. The molecule has 1 aliphatic carbocycles. The summed E-state index contributed by atoms with van der Waals surface area (Å²) in [5.41, 5.74) is 1.07. The number of hydrogen-bond donors (Lipinski definition) is 1. The largest absolute Gasteiger partial charge is 0.490 e. The maximum Gasteiger partial charge on any atom is 0.341 e. The van der Waals surface area contributed by atoms with Crippen molar-refractivity contribution in [3.05, 3.63) is 45.8 Å². The summed E-state index contributed by atoms with van der Waals surface area (Å²) >= 11 is 1.07. The molecule has 8 heteroatoms. The van der Waals surface area contributed by atoms with E-state index >= 15 is 0 Å². The van der Waals surface area contributed by atoms with Crippen LogP contribution in [0.5, 0.6) is 5.75 Å². The van der Waals surface area contributed by atoms with E-state index in [0.717, 1.165) is 24.2 Å². The lowest BCUT2D eigenvalue weighted by Crippen LogP contribution is -2.21. The van der Waals surface area contributed by atoms with Gasteiger partial charge in [0.05, 0.1) is 28.7 Å². The van der Waals surface area contributed by atoms with Gasteiger partial charge in [0.2, 0.25) is 0 Å². The standard InChI is InChI=1S/C21H24N2O5S/c1-5-27-21(26)16-12(2)17(20(25)23(3)4)29-19(16)22-18(24)14-8-6-7-9-15(14)28-13-10-11-13/h6-9,13H,5,10-11H2,1-4H3,(H,22,24). The van der Waals surface area contributed by atoms with Gasteiger partial charge in [0.25, 0.3) is 11.8 Å². The van der Waals surface area contributed by atoms with Crippen LogP contribution in [0.4, 0.5) is 5.00 Å². The van der Waals surface area contributed by atoms with Gasteiger partial charge < -0.3 is 19.7 Å². The Hall–Kier alpha value is -2.87. The molecular weight excluding hydrogens is 392 g/mol. The van der Waals surface area contributed by atoms with E-state index in [9.17, 15) is 14.4 Å². The number of hydrogen-bond acceptors (Lipinski definition) is 6. The molecule has 0 atom stereocenters. The van der Waals surface area contributed by atoms with Gasteiger partial charge in [-0.3, -0.25) is 9.59 Å². The summed E-state index contributed by atoms with van der Waals surface area (Å²) in [6.45, 7) is 3.57. The van der Waals surface area contributed by atoms with Crippen molar-refractivity contribution in [3.8, 4) is 5.75 Å². The lowest BCUT2D eigenvalue weighted by Gasteiger charge is -2.11. The van der Waals surface area contributed by atoms with Crippen LogP contribution in [-0.2, 0) is 4.74 Å². The molecule has 7 nitrogen and oxygen atoms in total. The minimum Gasteiger partial charge on any atom is -0.490 e. The molecule has 1 aromatic heterocycles. The van der Waals surface area contributed by atoms with Crippen molar-refractivity contribution in [2.24, 2.45) is 0 Å². The fourth-order valence-corrected chi connectivity index (χ4v) is 3.96. The molecule has 1 fully saturated rings. The summed E-state index contributed by atoms with van der Waals surface area (Å²) in [5, 5.41) is 3.07. The van der Waals surface area contributed by atoms with Gasteiger partial charge in [-0.25, -0.2) is 4.79 Å². The van der Waals surface area contributed by atoms with E-state index in [-0.39, 0.29) is 29.2 Å². The molecule has 0 radical (unpaired) electrons. The van der Waals surface area contributed by atoms with Crippen molar-refractivity contribution in [2.75, 3.05) is 26.0 Å². The molecule has 1 N–H and O–H groups in total. The highest BCUT2D eigenvalue weighted by Crippen LogP contribution is 2.35. The maximum atomic E-state index is 13.0. The minimum absolute atomic E-state index is 0.146. The Kier molecular flexibility index (Phi) is 6.22. The first kappa shape index (κ1) is 20.9. The molecule has 29 heavy (non-hydrogen) atoms. The molecule has 0 bridgehead atoms. The Labute approximate surface area is 173 Å². The molecule has 1 heterocycles. The molecular formula is C21H24N2O5S. The molecule has 154 valence electrons. The van der Waals surface area contributed by atoms with Crippen molar-refractivity contribution in [1.29, 1.82) is 0 Å². The maximum absolute atomic E-state index is 13.0. The van der Waals surface area contributed by atoms with E-state index in [0.29, 0.717) is 21.8 Å². The molecule has 1 aromatic carbocycles. The second kappa shape index (κ2) is 8.65. The normalized spacial score (nSPS) is 13.0. The number of para-hydroxylation sites is 1. The number of benzene rings is 1. The highest BCUT2D eigenvalue weighted by Gasteiger charge is 2.29. The van der Waals surface area contributed by atoms with Gasteiger partial charge in [0.1, 0.15) is 10.8 Å². The van der Waals surface area contributed by atoms with Crippen LogP contribution in [0.15, 0.2) is 24.3 Å². The average molecular weight is 416 g/mol. The number of carbonyl (C=O) groups is 3. The summed E-state index contributed by atoms with van der Waals surface area (Å²) in [4.78, 5) is 39.8. The fraction of sp³-hybridized carbons (Fsp3) is 0.381. The van der Waals surface area contributed by atoms with E-state index in [1.54, 1.807) is 46.1 Å². The minimum atomic E-state index is -0.572. The number of ether oxygens (including phenoxy) is 2. The number of rotatable bonds is 7. The number of amides is 2. The fourth-order valence-electron chi connectivity index (χ4n) is 2.75. The molecule has 0 unspecified atom stereocenters. The van der Waals surface area contributed by atoms with Gasteiger partial charge >= 0.3 is 5.97 Å². The molecule has 3 rings (SSSR count). The first-order valence-electron chi connectivity index (χ1n) is 9.42. The second-order valence-corrected chi connectivity index (χ2v) is 7.97. The van der Waals surface area contributed by atoms with Crippen LogP contribution in [0.1, 0.15) is 55.7 Å². The van der Waals surface area contributed by atoms with Gasteiger partial charge in [-0.15, -0.1) is 11.3 Å². The zero-order chi connectivity index (χ0) is 21.1. The van der Waals surface area contributed by atoms with Crippen molar-refractivity contribution in [2.45, 2.75) is 32.8 Å². The van der Waals surface area contributed by atoms with Crippen molar-refractivity contribution >= 4 is 34.1 Å². The predicted molar refractivity (Wildman–Crippen MR) is 111 cm³/mol. The van der Waals surface area contributed by atoms with Crippen LogP contribution in [0.25, 0.3) is 0 Å². The molecule has 0 spiro atoms. The summed E-state index contributed by atoms with van der Waals surface area (Å²) in [6.07, 6.45) is 2.10. The number of nitrogens with zero attached hydrogens (tertiary/aromatic N) is 1. The average Bonchev–Trinajstić information content (AvgIpc) is 3.43. The van der Waals surface area contributed by atoms with E-state index in [1.165, 1.54) is 4.90 Å². The Balaban J connectivity index is 1.95. The third-order valence-corrected chi connectivity index (χ3v) is 5.60. The topological polar surface area (TPSA) is 84.9 Å². The molecule has 0 saturated heterocycles. The highest BCUT2D eigenvalue weighted by atomic mass is 32.1. The van der Waals surface area contributed by atoms with Gasteiger partial charge in [-0.1, -0.05) is 12.1 Å². The second-order valence-electron chi connectivity index (χ2n) is 6.95. The first-order chi connectivity index (χ1) is 13.8. The summed E-state index contributed by atoms with van der Waals surface area (Å²) < 4.78 is 11.0. The summed E-state index contributed by atoms with van der Waals surface area (Å²) in [5.74, 6) is -0.715. The molecule has 2 amide bonds. The zero-order valence-corrected chi connectivity index (χ0v) is 17.7. The number of carbonyl (C=O) groups excluding carboxylic acids is 3. The van der Waals surface area contributed by atoms with E-state index < -0.39 is 11.9 Å². The molecule has 1 saturated carbocycles. The predicted octanol–water partition coefficient (Wildman–Crippen LogP) is 3.73. The van der Waals surface area contributed by atoms with Crippen LogP contribution in [0.2, 0.25) is 0 Å². The summed E-state index contributed by atoms with van der Waals surface area (Å²) in [6, 6.07) is 6.98. The Morgan fingerprint density at radius 3 is 2.52 bits per heavy atom. The van der Waals surface area contributed by atoms with E-state index in [4.69, 9.17) is 9.47 Å². The van der Waals surface area contributed by atoms with Crippen molar-refractivity contribution in [1.82, 2.24) is 4.90 Å². The van der Waals surface area contributed by atoms with E-state index in [2.05, 4.69) is 5.32 Å². The quantitative estimate of drug-likeness (QED) is 0.695. The third-order valence-electron chi connectivity index (χ3n) is 4.40. The van der Waals surface area contributed by atoms with Crippen LogP contribution in [0.3, 0.4) is 0 Å². The Morgan fingerprint density at radius 1 is 1.21 bits per heavy atom. The number of anilines is 1. The SMILES string of the molecule is CCOC(=O)c1c(NC(=O)c2ccccc2OC2CC2)sc(C(=O)N(C)C)c1C. The van der Waals surface area contributed by atoms with Gasteiger partial charge in [0.15, 0.2) is 0 Å². The molecule has 0 aliphatic heterocycles. The van der Waals surface area contributed by atoms with Gasteiger partial charge in [-0.2, -0.15) is 0 Å². The summed E-state index contributed by atoms with van der Waals surface area (Å²) in [7, 11) is 3.27. The van der Waals surface area contributed by atoms with Gasteiger partial charge in [0, 0.05) is 14.1 Å². The first-order valence-corrected chi connectivity index (χ1v) is 10.2. The third kappa shape index (κ3) is 4.59. The lowest BCUT2D eigenvalue weighted by atomic mass is 10.1. The highest BCUT2D eigenvalue weighted by molar-refractivity contribution is 7.18. The monoisotopic (exact) mass is 416 g/mol. The van der Waals surface area contributed by atoms with Gasteiger partial charge in [-0.05, 0) is 44.4 Å². The Morgan fingerprint density at radius 2 is 1.90 bits per heavy atom. The number of esters is 1. The Bertz CT molecular complexity index is 947. The van der Waals surface area contributed by atoms with E-state index in [1.807, 2.05) is 6.07 Å². The molecule has 2 aromatic rings. The molecule has 1 aliphatic rings. The number of nitrogens with one attached hydrogen (secondary N) is 1. The van der Waals surface area contributed by atoms with Crippen LogP contribution in [0, 0.1) is 6.92 Å². The lowest BCUT2D eigenvalue weighted by molar-refractivity contribution is 0.0527. The van der Waals surface area contributed by atoms with Crippen LogP contribution in [-0.4, -0.2) is 49.5 Å². The smallest absolute Gasteiger partial charge is 0.341 e.